The Bertz CT molecular complexity index is 367. The average molecular weight is 245 g/mol. The van der Waals surface area contributed by atoms with Crippen molar-refractivity contribution in [3.8, 4) is 5.75 Å². The summed E-state index contributed by atoms with van der Waals surface area (Å²) in [6, 6.07) is 8.37. The zero-order valence-electron chi connectivity index (χ0n) is 11.2. The lowest BCUT2D eigenvalue weighted by Gasteiger charge is -2.16. The van der Waals surface area contributed by atoms with Gasteiger partial charge in [0.15, 0.2) is 0 Å². The molecule has 1 aromatic rings. The molecule has 0 aromatic heterocycles. The lowest BCUT2D eigenvalue weighted by molar-refractivity contribution is 0.378. The predicted molar refractivity (Wildman–Crippen MR) is 73.6 cm³/mol. The number of ether oxygens (including phenoxy) is 1. The van der Waals surface area contributed by atoms with Crippen molar-refractivity contribution in [1.29, 1.82) is 0 Å². The van der Waals surface area contributed by atoms with Gasteiger partial charge in [0.2, 0.25) is 0 Å². The molecule has 18 heavy (non-hydrogen) atoms. The highest BCUT2D eigenvalue weighted by Crippen LogP contribution is 2.48. The molecule has 1 aromatic carbocycles. The van der Waals surface area contributed by atoms with Gasteiger partial charge in [-0.25, -0.2) is 0 Å². The Balaban J connectivity index is 1.45. The minimum Gasteiger partial charge on any atom is -0.497 e. The average Bonchev–Trinajstić information content (AvgIpc) is 3.29. The van der Waals surface area contributed by atoms with E-state index in [2.05, 4.69) is 17.4 Å². The van der Waals surface area contributed by atoms with Crippen LogP contribution in [0.25, 0.3) is 0 Å². The summed E-state index contributed by atoms with van der Waals surface area (Å²) < 4.78 is 5.17. The van der Waals surface area contributed by atoms with Crippen LogP contribution in [0.3, 0.4) is 0 Å². The van der Waals surface area contributed by atoms with Gasteiger partial charge in [0.25, 0.3) is 0 Å². The third kappa shape index (κ3) is 3.05. The van der Waals surface area contributed by atoms with Gasteiger partial charge >= 0.3 is 0 Å². The van der Waals surface area contributed by atoms with E-state index in [9.17, 15) is 0 Å². The minimum atomic E-state index is 0.938. The highest BCUT2D eigenvalue weighted by atomic mass is 16.5. The van der Waals surface area contributed by atoms with Crippen molar-refractivity contribution in [2.75, 3.05) is 13.7 Å². The molecular formula is C16H23NO. The Morgan fingerprint density at radius 3 is 2.22 bits per heavy atom. The molecule has 98 valence electrons. The van der Waals surface area contributed by atoms with E-state index in [-0.39, 0.29) is 0 Å². The Labute approximate surface area is 110 Å². The van der Waals surface area contributed by atoms with Crippen LogP contribution >= 0.6 is 0 Å². The largest absolute Gasteiger partial charge is 0.497 e. The molecule has 0 amide bonds. The summed E-state index contributed by atoms with van der Waals surface area (Å²) in [6.07, 6.45) is 5.91. The lowest BCUT2D eigenvalue weighted by Crippen LogP contribution is -2.25. The summed E-state index contributed by atoms with van der Waals surface area (Å²) >= 11 is 0. The van der Waals surface area contributed by atoms with Gasteiger partial charge < -0.3 is 10.1 Å². The minimum absolute atomic E-state index is 0.938. The lowest BCUT2D eigenvalue weighted by atomic mass is 9.98. The Kier molecular flexibility index (Phi) is 3.55. The fraction of sp³-hybridized carbons (Fsp3) is 0.625. The van der Waals surface area contributed by atoms with Gasteiger partial charge in [-0.1, -0.05) is 12.1 Å². The van der Waals surface area contributed by atoms with E-state index < -0.39 is 0 Å². The van der Waals surface area contributed by atoms with E-state index in [1.54, 1.807) is 7.11 Å². The van der Waals surface area contributed by atoms with Crippen molar-refractivity contribution < 1.29 is 4.74 Å². The van der Waals surface area contributed by atoms with Crippen LogP contribution in [0.1, 0.15) is 31.2 Å². The summed E-state index contributed by atoms with van der Waals surface area (Å²) in [7, 11) is 1.71. The van der Waals surface area contributed by atoms with Gasteiger partial charge in [-0.15, -0.1) is 0 Å². The first-order valence-electron chi connectivity index (χ1n) is 7.20. The molecule has 0 atom stereocenters. The molecule has 0 saturated heterocycles. The molecule has 0 radical (unpaired) electrons. The topological polar surface area (TPSA) is 21.3 Å². The van der Waals surface area contributed by atoms with Crippen LogP contribution in [-0.4, -0.2) is 13.7 Å². The normalized spacial score (nSPS) is 19.2. The van der Waals surface area contributed by atoms with Gasteiger partial charge in [-0.2, -0.15) is 0 Å². The van der Waals surface area contributed by atoms with Gasteiger partial charge in [0.05, 0.1) is 7.11 Å². The highest BCUT2D eigenvalue weighted by molar-refractivity contribution is 5.26. The maximum absolute atomic E-state index is 5.17. The first-order chi connectivity index (χ1) is 8.86. The number of hydrogen-bond donors (Lipinski definition) is 1. The van der Waals surface area contributed by atoms with Crippen LogP contribution in [-0.2, 0) is 6.54 Å². The van der Waals surface area contributed by atoms with Gasteiger partial charge in [-0.05, 0) is 67.7 Å². The Morgan fingerprint density at radius 1 is 1.11 bits per heavy atom. The molecule has 0 aliphatic heterocycles. The van der Waals surface area contributed by atoms with E-state index in [0.717, 1.165) is 30.0 Å². The molecule has 2 saturated carbocycles. The molecule has 2 fully saturated rings. The first-order valence-corrected chi connectivity index (χ1v) is 7.20. The molecule has 0 spiro atoms. The molecule has 0 unspecified atom stereocenters. The molecule has 1 N–H and O–H groups in total. The second kappa shape index (κ2) is 5.31. The van der Waals surface area contributed by atoms with Crippen molar-refractivity contribution in [1.82, 2.24) is 5.32 Å². The zero-order valence-corrected chi connectivity index (χ0v) is 11.2. The predicted octanol–water partition coefficient (Wildman–Crippen LogP) is 3.22. The molecule has 2 aliphatic carbocycles. The van der Waals surface area contributed by atoms with Gasteiger partial charge in [0, 0.05) is 6.54 Å². The second-order valence-electron chi connectivity index (χ2n) is 5.82. The van der Waals surface area contributed by atoms with Crippen LogP contribution in [0.15, 0.2) is 24.3 Å². The number of hydrogen-bond acceptors (Lipinski definition) is 2. The van der Waals surface area contributed by atoms with Crippen LogP contribution in [0, 0.1) is 17.8 Å². The Morgan fingerprint density at radius 2 is 1.72 bits per heavy atom. The van der Waals surface area contributed by atoms with Gasteiger partial charge in [-0.3, -0.25) is 0 Å². The number of rotatable bonds is 7. The van der Waals surface area contributed by atoms with E-state index >= 15 is 0 Å². The summed E-state index contributed by atoms with van der Waals surface area (Å²) in [5.74, 6) is 3.98. The van der Waals surface area contributed by atoms with Crippen LogP contribution in [0.5, 0.6) is 5.75 Å². The second-order valence-corrected chi connectivity index (χ2v) is 5.82. The van der Waals surface area contributed by atoms with Crippen molar-refractivity contribution >= 4 is 0 Å². The molecule has 2 aliphatic rings. The summed E-state index contributed by atoms with van der Waals surface area (Å²) in [4.78, 5) is 0. The standard InChI is InChI=1S/C16H23NO/c1-18-15-8-2-12(3-9-15)10-17-11-16(13-4-5-13)14-6-7-14/h2-3,8-9,13-14,16-17H,4-7,10-11H2,1H3. The van der Waals surface area contributed by atoms with E-state index in [4.69, 9.17) is 4.74 Å². The monoisotopic (exact) mass is 245 g/mol. The third-order valence-corrected chi connectivity index (χ3v) is 4.32. The van der Waals surface area contributed by atoms with E-state index in [1.165, 1.54) is 37.8 Å². The van der Waals surface area contributed by atoms with Crippen molar-refractivity contribution in [3.63, 3.8) is 0 Å². The molecular weight excluding hydrogens is 222 g/mol. The van der Waals surface area contributed by atoms with Crippen LogP contribution in [0.2, 0.25) is 0 Å². The third-order valence-electron chi connectivity index (χ3n) is 4.32. The van der Waals surface area contributed by atoms with Crippen LogP contribution < -0.4 is 10.1 Å². The first kappa shape index (κ1) is 12.0. The number of benzene rings is 1. The molecule has 2 heteroatoms. The van der Waals surface area contributed by atoms with E-state index in [0.29, 0.717) is 0 Å². The fourth-order valence-corrected chi connectivity index (χ4v) is 2.89. The maximum Gasteiger partial charge on any atom is 0.118 e. The van der Waals surface area contributed by atoms with Crippen molar-refractivity contribution in [2.24, 2.45) is 17.8 Å². The molecule has 0 heterocycles. The van der Waals surface area contributed by atoms with Crippen LogP contribution in [0.4, 0.5) is 0 Å². The quantitative estimate of drug-likeness (QED) is 0.796. The summed E-state index contributed by atoms with van der Waals surface area (Å²) in [5.41, 5.74) is 1.35. The van der Waals surface area contributed by atoms with Crippen molar-refractivity contribution in [3.05, 3.63) is 29.8 Å². The molecule has 2 nitrogen and oxygen atoms in total. The smallest absolute Gasteiger partial charge is 0.118 e. The number of methoxy groups -OCH3 is 1. The van der Waals surface area contributed by atoms with Crippen molar-refractivity contribution in [2.45, 2.75) is 32.2 Å². The highest BCUT2D eigenvalue weighted by Gasteiger charge is 2.40. The van der Waals surface area contributed by atoms with Gasteiger partial charge in [0.1, 0.15) is 5.75 Å². The molecule has 3 rings (SSSR count). The fourth-order valence-electron chi connectivity index (χ4n) is 2.89. The zero-order chi connectivity index (χ0) is 12.4. The Hall–Kier alpha value is -1.02. The maximum atomic E-state index is 5.17. The molecule has 0 bridgehead atoms. The summed E-state index contributed by atoms with van der Waals surface area (Å²) in [6.45, 7) is 2.20. The summed E-state index contributed by atoms with van der Waals surface area (Å²) in [5, 5.41) is 3.64. The SMILES string of the molecule is COc1ccc(CNCC(C2CC2)C2CC2)cc1. The van der Waals surface area contributed by atoms with E-state index in [1.807, 2.05) is 12.1 Å². The number of nitrogens with one attached hydrogen (secondary N) is 1.